The molecular formula is C16H19N3O. The van der Waals surface area contributed by atoms with Crippen LogP contribution in [0.1, 0.15) is 35.9 Å². The van der Waals surface area contributed by atoms with Crippen molar-refractivity contribution < 1.29 is 4.79 Å². The second-order valence-electron chi connectivity index (χ2n) is 5.52. The molecule has 0 saturated heterocycles. The van der Waals surface area contributed by atoms with Gasteiger partial charge in [-0.3, -0.25) is 4.79 Å². The van der Waals surface area contributed by atoms with Crippen LogP contribution in [-0.2, 0) is 0 Å². The minimum atomic E-state index is -0.0813. The highest BCUT2D eigenvalue weighted by Gasteiger charge is 2.29. The number of nitrogens with one attached hydrogen (secondary N) is 1. The number of para-hydroxylation sites is 1. The van der Waals surface area contributed by atoms with E-state index in [2.05, 4.69) is 17.3 Å². The number of hydrogen-bond acceptors (Lipinski definition) is 2. The second kappa shape index (κ2) is 5.12. The minimum absolute atomic E-state index is 0.0813. The van der Waals surface area contributed by atoms with E-state index < -0.39 is 0 Å². The molecule has 0 spiro atoms. The van der Waals surface area contributed by atoms with Gasteiger partial charge >= 0.3 is 0 Å². The van der Waals surface area contributed by atoms with Gasteiger partial charge in [-0.05, 0) is 50.8 Å². The lowest BCUT2D eigenvalue weighted by Crippen LogP contribution is -2.34. The standard InChI is InChI=1S/C16H19N3O/c1-11-10-15(16(20)17-12(2)13-8-9-13)18-19(11)14-6-4-3-5-7-14/h3-7,10,12-13H,8-9H2,1-2H3,(H,17,20). The fraction of sp³-hybridized carbons (Fsp3) is 0.375. The molecule has 3 rings (SSSR count). The Morgan fingerprint density at radius 3 is 2.70 bits per heavy atom. The monoisotopic (exact) mass is 269 g/mol. The summed E-state index contributed by atoms with van der Waals surface area (Å²) in [6, 6.07) is 11.9. The third-order valence-corrected chi connectivity index (χ3v) is 3.81. The number of aromatic nitrogens is 2. The summed E-state index contributed by atoms with van der Waals surface area (Å²) in [7, 11) is 0. The Labute approximate surface area is 118 Å². The van der Waals surface area contributed by atoms with Crippen LogP contribution in [0.2, 0.25) is 0 Å². The van der Waals surface area contributed by atoms with E-state index in [4.69, 9.17) is 0 Å². The summed E-state index contributed by atoms with van der Waals surface area (Å²) in [5, 5.41) is 7.45. The van der Waals surface area contributed by atoms with Crippen molar-refractivity contribution in [2.45, 2.75) is 32.7 Å². The zero-order valence-electron chi connectivity index (χ0n) is 11.8. The molecule has 1 aliphatic carbocycles. The molecule has 1 N–H and O–H groups in total. The first kappa shape index (κ1) is 12.9. The van der Waals surface area contributed by atoms with Gasteiger partial charge < -0.3 is 5.32 Å². The summed E-state index contributed by atoms with van der Waals surface area (Å²) in [6.07, 6.45) is 2.44. The van der Waals surface area contributed by atoms with Crippen LogP contribution in [0.25, 0.3) is 5.69 Å². The molecule has 20 heavy (non-hydrogen) atoms. The first-order valence-corrected chi connectivity index (χ1v) is 7.08. The highest BCUT2D eigenvalue weighted by Crippen LogP contribution is 2.32. The van der Waals surface area contributed by atoms with Gasteiger partial charge in [-0.25, -0.2) is 4.68 Å². The molecule has 1 saturated carbocycles. The molecule has 4 heteroatoms. The molecular weight excluding hydrogens is 250 g/mol. The molecule has 0 radical (unpaired) electrons. The van der Waals surface area contributed by atoms with Crippen molar-refractivity contribution >= 4 is 5.91 Å². The average Bonchev–Trinajstić information content (AvgIpc) is 3.23. The first-order valence-electron chi connectivity index (χ1n) is 7.08. The van der Waals surface area contributed by atoms with Gasteiger partial charge in [0.05, 0.1) is 5.69 Å². The number of hydrogen-bond donors (Lipinski definition) is 1. The molecule has 4 nitrogen and oxygen atoms in total. The Balaban J connectivity index is 1.79. The number of amides is 1. The fourth-order valence-corrected chi connectivity index (χ4v) is 2.41. The number of rotatable bonds is 4. The van der Waals surface area contributed by atoms with Crippen molar-refractivity contribution in [3.8, 4) is 5.69 Å². The summed E-state index contributed by atoms with van der Waals surface area (Å²) < 4.78 is 1.80. The lowest BCUT2D eigenvalue weighted by atomic mass is 10.2. The van der Waals surface area contributed by atoms with E-state index in [1.54, 1.807) is 4.68 Å². The van der Waals surface area contributed by atoms with Gasteiger partial charge in [0.15, 0.2) is 5.69 Å². The zero-order chi connectivity index (χ0) is 14.1. The Morgan fingerprint density at radius 1 is 1.35 bits per heavy atom. The SMILES string of the molecule is Cc1cc(C(=O)NC(C)C2CC2)nn1-c1ccccc1. The number of carbonyl (C=O) groups excluding carboxylic acids is 1. The van der Waals surface area contributed by atoms with Crippen LogP contribution >= 0.6 is 0 Å². The average molecular weight is 269 g/mol. The molecule has 1 aromatic carbocycles. The highest BCUT2D eigenvalue weighted by atomic mass is 16.2. The van der Waals surface area contributed by atoms with Crippen molar-refractivity contribution in [3.05, 3.63) is 47.8 Å². The molecule has 0 bridgehead atoms. The molecule has 2 aromatic rings. The van der Waals surface area contributed by atoms with Gasteiger partial charge in [0.25, 0.3) is 5.91 Å². The molecule has 1 aromatic heterocycles. The largest absolute Gasteiger partial charge is 0.348 e. The molecule has 104 valence electrons. The molecule has 1 unspecified atom stereocenters. The van der Waals surface area contributed by atoms with Gasteiger partial charge in [0.2, 0.25) is 0 Å². The predicted octanol–water partition coefficient (Wildman–Crippen LogP) is 2.71. The van der Waals surface area contributed by atoms with Crippen molar-refractivity contribution in [1.29, 1.82) is 0 Å². The maximum atomic E-state index is 12.2. The molecule has 1 heterocycles. The van der Waals surface area contributed by atoms with E-state index in [9.17, 15) is 4.79 Å². The fourth-order valence-electron chi connectivity index (χ4n) is 2.41. The van der Waals surface area contributed by atoms with Gasteiger partial charge in [-0.1, -0.05) is 18.2 Å². The maximum absolute atomic E-state index is 12.2. The van der Waals surface area contributed by atoms with E-state index in [0.29, 0.717) is 11.6 Å². The van der Waals surface area contributed by atoms with Crippen molar-refractivity contribution in [2.24, 2.45) is 5.92 Å². The summed E-state index contributed by atoms with van der Waals surface area (Å²) in [5.41, 5.74) is 2.42. The van der Waals surface area contributed by atoms with E-state index >= 15 is 0 Å². The van der Waals surface area contributed by atoms with Crippen molar-refractivity contribution in [2.75, 3.05) is 0 Å². The molecule has 1 fully saturated rings. The molecule has 1 amide bonds. The third-order valence-electron chi connectivity index (χ3n) is 3.81. The van der Waals surface area contributed by atoms with Gasteiger partial charge in [0, 0.05) is 11.7 Å². The van der Waals surface area contributed by atoms with E-state index in [0.717, 1.165) is 11.4 Å². The van der Waals surface area contributed by atoms with Crippen LogP contribution in [-0.4, -0.2) is 21.7 Å². The van der Waals surface area contributed by atoms with E-state index in [1.165, 1.54) is 12.8 Å². The van der Waals surface area contributed by atoms with Crippen LogP contribution in [0.15, 0.2) is 36.4 Å². The van der Waals surface area contributed by atoms with Crippen LogP contribution in [0.5, 0.6) is 0 Å². The second-order valence-corrected chi connectivity index (χ2v) is 5.52. The number of aryl methyl sites for hydroxylation is 1. The Morgan fingerprint density at radius 2 is 2.05 bits per heavy atom. The number of nitrogens with zero attached hydrogens (tertiary/aromatic N) is 2. The third kappa shape index (κ3) is 2.59. The summed E-state index contributed by atoms with van der Waals surface area (Å²) in [4.78, 5) is 12.2. The van der Waals surface area contributed by atoms with Crippen molar-refractivity contribution in [1.82, 2.24) is 15.1 Å². The highest BCUT2D eigenvalue weighted by molar-refractivity contribution is 5.92. The zero-order valence-corrected chi connectivity index (χ0v) is 11.8. The number of carbonyl (C=O) groups is 1. The smallest absolute Gasteiger partial charge is 0.272 e. The maximum Gasteiger partial charge on any atom is 0.272 e. The predicted molar refractivity (Wildman–Crippen MR) is 78.0 cm³/mol. The minimum Gasteiger partial charge on any atom is -0.348 e. The Kier molecular flexibility index (Phi) is 3.30. The summed E-state index contributed by atoms with van der Waals surface area (Å²) in [5.74, 6) is 0.568. The van der Waals surface area contributed by atoms with E-state index in [1.807, 2.05) is 43.3 Å². The van der Waals surface area contributed by atoms with E-state index in [-0.39, 0.29) is 11.9 Å². The molecule has 0 aliphatic heterocycles. The molecule has 1 atom stereocenters. The van der Waals surface area contributed by atoms with Gasteiger partial charge in [-0.15, -0.1) is 0 Å². The molecule has 1 aliphatic rings. The van der Waals surface area contributed by atoms with Crippen LogP contribution in [0.4, 0.5) is 0 Å². The lowest BCUT2D eigenvalue weighted by molar-refractivity contribution is 0.0930. The Hall–Kier alpha value is -2.10. The van der Waals surface area contributed by atoms with Crippen LogP contribution in [0.3, 0.4) is 0 Å². The van der Waals surface area contributed by atoms with Crippen molar-refractivity contribution in [3.63, 3.8) is 0 Å². The van der Waals surface area contributed by atoms with Crippen LogP contribution in [0, 0.1) is 12.8 Å². The lowest BCUT2D eigenvalue weighted by Gasteiger charge is -2.11. The number of benzene rings is 1. The van der Waals surface area contributed by atoms with Gasteiger partial charge in [-0.2, -0.15) is 5.10 Å². The topological polar surface area (TPSA) is 46.9 Å². The first-order chi connectivity index (χ1) is 9.65. The Bertz CT molecular complexity index is 614. The summed E-state index contributed by atoms with van der Waals surface area (Å²) in [6.45, 7) is 4.03. The summed E-state index contributed by atoms with van der Waals surface area (Å²) >= 11 is 0. The van der Waals surface area contributed by atoms with Gasteiger partial charge in [0.1, 0.15) is 0 Å². The quantitative estimate of drug-likeness (QED) is 0.927. The normalized spacial score (nSPS) is 15.9. The van der Waals surface area contributed by atoms with Crippen LogP contribution < -0.4 is 5.32 Å².